The Kier molecular flexibility index (Phi) is 4.71. The number of hydrogen-bond acceptors (Lipinski definition) is 5. The third-order valence-electron chi connectivity index (χ3n) is 2.86. The zero-order chi connectivity index (χ0) is 15.3. The summed E-state index contributed by atoms with van der Waals surface area (Å²) < 4.78 is 30.8. The number of nitrogens with zero attached hydrogens (tertiary/aromatic N) is 1. The first-order valence-electron chi connectivity index (χ1n) is 6.13. The Morgan fingerprint density at radius 3 is 2.76 bits per heavy atom. The Hall–Kier alpha value is -2.19. The number of nitrogens with one attached hydrogen (secondary N) is 1. The molecule has 0 aliphatic carbocycles. The zero-order valence-corrected chi connectivity index (χ0v) is 11.8. The molecule has 0 bridgehead atoms. The number of aromatic nitrogens is 1. The SMILES string of the molecule is O=C(O)C(CNS(=O)(=O)c1ccoc1)Cc1ccccn1. The van der Waals surface area contributed by atoms with E-state index in [-0.39, 0.29) is 17.9 Å². The quantitative estimate of drug-likeness (QED) is 0.786. The first kappa shape index (κ1) is 15.2. The molecule has 0 aliphatic rings. The van der Waals surface area contributed by atoms with Crippen molar-refractivity contribution in [1.82, 2.24) is 9.71 Å². The molecule has 1 unspecified atom stereocenters. The van der Waals surface area contributed by atoms with Crippen LogP contribution in [0.2, 0.25) is 0 Å². The number of rotatable bonds is 7. The fourth-order valence-electron chi connectivity index (χ4n) is 1.72. The summed E-state index contributed by atoms with van der Waals surface area (Å²) in [6.07, 6.45) is 4.02. The van der Waals surface area contributed by atoms with Crippen LogP contribution in [0.3, 0.4) is 0 Å². The lowest BCUT2D eigenvalue weighted by atomic mass is 10.0. The average molecular weight is 310 g/mol. The molecule has 2 N–H and O–H groups in total. The van der Waals surface area contributed by atoms with E-state index < -0.39 is 21.9 Å². The highest BCUT2D eigenvalue weighted by Gasteiger charge is 2.23. The van der Waals surface area contributed by atoms with Crippen molar-refractivity contribution < 1.29 is 22.7 Å². The minimum atomic E-state index is -3.77. The van der Waals surface area contributed by atoms with Crippen LogP contribution in [0.25, 0.3) is 0 Å². The first-order valence-corrected chi connectivity index (χ1v) is 7.62. The maximum Gasteiger partial charge on any atom is 0.308 e. The van der Waals surface area contributed by atoms with Crippen molar-refractivity contribution in [1.29, 1.82) is 0 Å². The van der Waals surface area contributed by atoms with Gasteiger partial charge in [-0.25, -0.2) is 13.1 Å². The summed E-state index contributed by atoms with van der Waals surface area (Å²) in [5.74, 6) is -1.99. The molecule has 0 aromatic carbocycles. The minimum absolute atomic E-state index is 0.0375. The second-order valence-electron chi connectivity index (χ2n) is 4.37. The van der Waals surface area contributed by atoms with Crippen LogP contribution in [0.15, 0.2) is 52.3 Å². The molecule has 0 fully saturated rings. The smallest absolute Gasteiger partial charge is 0.308 e. The van der Waals surface area contributed by atoms with E-state index in [1.165, 1.54) is 12.3 Å². The normalized spacial score (nSPS) is 13.0. The molecule has 0 saturated carbocycles. The number of aliphatic carboxylic acids is 1. The number of hydrogen-bond donors (Lipinski definition) is 2. The zero-order valence-electron chi connectivity index (χ0n) is 11.0. The summed E-state index contributed by atoms with van der Waals surface area (Å²) in [5, 5.41) is 9.18. The summed E-state index contributed by atoms with van der Waals surface area (Å²) in [5.41, 5.74) is 0.590. The summed E-state index contributed by atoms with van der Waals surface area (Å²) in [6, 6.07) is 6.45. The summed E-state index contributed by atoms with van der Waals surface area (Å²) in [4.78, 5) is 15.2. The molecule has 0 radical (unpaired) electrons. The molecule has 0 spiro atoms. The van der Waals surface area contributed by atoms with E-state index in [2.05, 4.69) is 9.71 Å². The minimum Gasteiger partial charge on any atom is -0.481 e. The van der Waals surface area contributed by atoms with Gasteiger partial charge in [-0.05, 0) is 18.2 Å². The van der Waals surface area contributed by atoms with E-state index in [1.54, 1.807) is 24.4 Å². The number of sulfonamides is 1. The molecule has 2 rings (SSSR count). The predicted octanol–water partition coefficient (Wildman–Crippen LogP) is 0.896. The van der Waals surface area contributed by atoms with Crippen molar-refractivity contribution in [3.63, 3.8) is 0 Å². The molecule has 7 nitrogen and oxygen atoms in total. The van der Waals surface area contributed by atoms with Gasteiger partial charge in [0.15, 0.2) is 0 Å². The van der Waals surface area contributed by atoms with Gasteiger partial charge in [0.2, 0.25) is 10.0 Å². The fraction of sp³-hybridized carbons (Fsp3) is 0.231. The molecule has 0 saturated heterocycles. The molecule has 8 heteroatoms. The van der Waals surface area contributed by atoms with Crippen LogP contribution in [0.4, 0.5) is 0 Å². The molecule has 112 valence electrons. The highest BCUT2D eigenvalue weighted by Crippen LogP contribution is 2.11. The van der Waals surface area contributed by atoms with E-state index in [1.807, 2.05) is 0 Å². The molecule has 0 amide bonds. The average Bonchev–Trinajstić information content (AvgIpc) is 2.99. The lowest BCUT2D eigenvalue weighted by Crippen LogP contribution is -2.34. The van der Waals surface area contributed by atoms with Crippen molar-refractivity contribution >= 4 is 16.0 Å². The molecule has 2 aromatic rings. The third-order valence-corrected chi connectivity index (χ3v) is 4.26. The van der Waals surface area contributed by atoms with Crippen LogP contribution >= 0.6 is 0 Å². The standard InChI is InChI=1S/C13H14N2O5S/c16-13(17)10(7-11-3-1-2-5-14-11)8-15-21(18,19)12-4-6-20-9-12/h1-6,9-10,15H,7-8H2,(H,16,17). The van der Waals surface area contributed by atoms with Gasteiger partial charge in [0.25, 0.3) is 0 Å². The number of carboxylic acids is 1. The Balaban J connectivity index is 2.03. The summed E-state index contributed by atoms with van der Waals surface area (Å²) in [6.45, 7) is -0.223. The summed E-state index contributed by atoms with van der Waals surface area (Å²) >= 11 is 0. The van der Waals surface area contributed by atoms with Crippen molar-refractivity contribution in [2.75, 3.05) is 6.54 Å². The lowest BCUT2D eigenvalue weighted by Gasteiger charge is -2.12. The van der Waals surface area contributed by atoms with Crippen molar-refractivity contribution in [2.45, 2.75) is 11.3 Å². The number of pyridine rings is 1. The highest BCUT2D eigenvalue weighted by atomic mass is 32.2. The van der Waals surface area contributed by atoms with Gasteiger partial charge in [-0.2, -0.15) is 0 Å². The summed E-state index contributed by atoms with van der Waals surface area (Å²) in [7, 11) is -3.77. The van der Waals surface area contributed by atoms with E-state index in [0.717, 1.165) is 6.26 Å². The number of carbonyl (C=O) groups is 1. The van der Waals surface area contributed by atoms with E-state index in [4.69, 9.17) is 4.42 Å². The van der Waals surface area contributed by atoms with Crippen molar-refractivity contribution in [2.24, 2.45) is 5.92 Å². The molecule has 0 aliphatic heterocycles. The lowest BCUT2D eigenvalue weighted by molar-refractivity contribution is -0.141. The molecule has 2 heterocycles. The molecule has 21 heavy (non-hydrogen) atoms. The van der Waals surface area contributed by atoms with Crippen molar-refractivity contribution in [3.05, 3.63) is 48.7 Å². The van der Waals surface area contributed by atoms with Crippen LogP contribution in [0.1, 0.15) is 5.69 Å². The van der Waals surface area contributed by atoms with Gasteiger partial charge in [-0.1, -0.05) is 6.07 Å². The highest BCUT2D eigenvalue weighted by molar-refractivity contribution is 7.89. The Morgan fingerprint density at radius 2 is 2.19 bits per heavy atom. The van der Waals surface area contributed by atoms with Gasteiger partial charge in [-0.15, -0.1) is 0 Å². The maximum absolute atomic E-state index is 11.9. The number of furan rings is 1. The molecule has 1 atom stereocenters. The maximum atomic E-state index is 11.9. The third kappa shape index (κ3) is 4.14. The molecular formula is C13H14N2O5S. The van der Waals surface area contributed by atoms with E-state index in [0.29, 0.717) is 5.69 Å². The van der Waals surface area contributed by atoms with Crippen LogP contribution in [0.5, 0.6) is 0 Å². The Morgan fingerprint density at radius 1 is 1.38 bits per heavy atom. The topological polar surface area (TPSA) is 110 Å². The van der Waals surface area contributed by atoms with Gasteiger partial charge >= 0.3 is 5.97 Å². The van der Waals surface area contributed by atoms with Gasteiger partial charge in [0, 0.05) is 24.9 Å². The Bertz CT molecular complexity index is 683. The van der Waals surface area contributed by atoms with Crippen LogP contribution in [-0.2, 0) is 21.2 Å². The first-order chi connectivity index (χ1) is 9.99. The van der Waals surface area contributed by atoms with Gasteiger partial charge in [0.1, 0.15) is 11.2 Å². The molecular weight excluding hydrogens is 296 g/mol. The van der Waals surface area contributed by atoms with Gasteiger partial charge in [0.05, 0.1) is 12.2 Å². The monoisotopic (exact) mass is 310 g/mol. The van der Waals surface area contributed by atoms with Crippen LogP contribution in [0, 0.1) is 5.92 Å². The second-order valence-corrected chi connectivity index (χ2v) is 6.14. The van der Waals surface area contributed by atoms with Crippen LogP contribution < -0.4 is 4.72 Å². The largest absolute Gasteiger partial charge is 0.481 e. The van der Waals surface area contributed by atoms with Gasteiger partial charge in [-0.3, -0.25) is 9.78 Å². The van der Waals surface area contributed by atoms with Crippen LogP contribution in [-0.4, -0.2) is 31.0 Å². The molecule has 2 aromatic heterocycles. The number of carboxylic acid groups (broad SMARTS) is 1. The fourth-order valence-corrected chi connectivity index (χ4v) is 2.72. The Labute approximate surface area is 121 Å². The second kappa shape index (κ2) is 6.51. The van der Waals surface area contributed by atoms with E-state index in [9.17, 15) is 18.3 Å². The van der Waals surface area contributed by atoms with E-state index >= 15 is 0 Å². The van der Waals surface area contributed by atoms with Crippen molar-refractivity contribution in [3.8, 4) is 0 Å². The van der Waals surface area contributed by atoms with Gasteiger partial charge < -0.3 is 9.52 Å². The predicted molar refractivity (Wildman–Crippen MR) is 73.0 cm³/mol.